The summed E-state index contributed by atoms with van der Waals surface area (Å²) in [6.07, 6.45) is 2.59. The number of carbonyl (C=O) groups is 1. The Morgan fingerprint density at radius 3 is 2.52 bits per heavy atom. The number of nitrogens with zero attached hydrogens (tertiary/aromatic N) is 4. The molecule has 0 aliphatic heterocycles. The summed E-state index contributed by atoms with van der Waals surface area (Å²) in [5, 5.41) is 17.2. The third kappa shape index (κ3) is 4.82. The SMILES string of the molecule is O=C(O)c1cnc(NCCNc2nc(-c3ccc(Cl)cc3Cl)nc3ccccc23)cn1. The molecular weight excluding hydrogens is 439 g/mol. The summed E-state index contributed by atoms with van der Waals surface area (Å²) in [6.45, 7) is 1.04. The number of hydrogen-bond acceptors (Lipinski definition) is 7. The zero-order chi connectivity index (χ0) is 21.8. The van der Waals surface area contributed by atoms with E-state index in [1.807, 2.05) is 24.3 Å². The van der Waals surface area contributed by atoms with Crippen molar-refractivity contribution in [3.05, 3.63) is 70.6 Å². The Balaban J connectivity index is 1.52. The molecule has 8 nitrogen and oxygen atoms in total. The Morgan fingerprint density at radius 2 is 1.77 bits per heavy atom. The van der Waals surface area contributed by atoms with Crippen LogP contribution >= 0.6 is 23.2 Å². The summed E-state index contributed by atoms with van der Waals surface area (Å²) < 4.78 is 0. The Labute approximate surface area is 187 Å². The Hall–Kier alpha value is -3.49. The van der Waals surface area contributed by atoms with E-state index < -0.39 is 5.97 Å². The van der Waals surface area contributed by atoms with Crippen LogP contribution < -0.4 is 10.6 Å². The first kappa shape index (κ1) is 20.8. The molecule has 0 saturated heterocycles. The zero-order valence-electron chi connectivity index (χ0n) is 16.0. The van der Waals surface area contributed by atoms with Gasteiger partial charge in [-0.25, -0.2) is 24.7 Å². The number of nitrogens with one attached hydrogen (secondary N) is 2. The molecule has 0 fully saturated rings. The molecule has 0 amide bonds. The molecule has 0 spiro atoms. The van der Waals surface area contributed by atoms with Crippen molar-refractivity contribution in [2.75, 3.05) is 23.7 Å². The van der Waals surface area contributed by atoms with Crippen molar-refractivity contribution in [2.45, 2.75) is 0 Å². The topological polar surface area (TPSA) is 113 Å². The molecule has 2 aromatic carbocycles. The van der Waals surface area contributed by atoms with E-state index >= 15 is 0 Å². The summed E-state index contributed by atoms with van der Waals surface area (Å²) in [6, 6.07) is 12.9. The molecule has 4 aromatic rings. The van der Waals surface area contributed by atoms with Gasteiger partial charge in [-0.05, 0) is 30.3 Å². The standard InChI is InChI=1S/C21H16Cl2N6O2/c22-12-5-6-13(15(23)9-12)20-28-16-4-2-1-3-14(16)19(29-20)25-8-7-24-18-11-26-17(10-27-18)21(30)31/h1-6,9-11H,7-8H2,(H,24,27)(H,30,31)(H,25,28,29). The number of para-hydroxylation sites is 1. The molecule has 3 N–H and O–H groups in total. The molecule has 0 radical (unpaired) electrons. The second-order valence-electron chi connectivity index (χ2n) is 6.48. The Kier molecular flexibility index (Phi) is 6.11. The fourth-order valence-corrected chi connectivity index (χ4v) is 3.40. The average molecular weight is 455 g/mol. The number of fused-ring (bicyclic) bond motifs is 1. The number of carboxylic acids is 1. The van der Waals surface area contributed by atoms with Gasteiger partial charge in [0.1, 0.15) is 11.6 Å². The molecule has 0 aliphatic carbocycles. The summed E-state index contributed by atoms with van der Waals surface area (Å²) in [4.78, 5) is 28.0. The normalized spacial score (nSPS) is 10.8. The van der Waals surface area contributed by atoms with E-state index in [-0.39, 0.29) is 5.69 Å². The van der Waals surface area contributed by atoms with Crippen molar-refractivity contribution < 1.29 is 9.90 Å². The number of aromatic nitrogens is 4. The maximum atomic E-state index is 10.8. The van der Waals surface area contributed by atoms with Crippen molar-refractivity contribution in [2.24, 2.45) is 0 Å². The molecule has 2 heterocycles. The molecule has 31 heavy (non-hydrogen) atoms. The smallest absolute Gasteiger partial charge is 0.356 e. The lowest BCUT2D eigenvalue weighted by molar-refractivity contribution is 0.0690. The van der Waals surface area contributed by atoms with Gasteiger partial charge in [0.2, 0.25) is 0 Å². The Morgan fingerprint density at radius 1 is 0.968 bits per heavy atom. The molecule has 4 rings (SSSR count). The zero-order valence-corrected chi connectivity index (χ0v) is 17.5. The van der Waals surface area contributed by atoms with Crippen LogP contribution in [0, 0.1) is 0 Å². The summed E-state index contributed by atoms with van der Waals surface area (Å²) in [7, 11) is 0. The molecule has 0 atom stereocenters. The molecule has 10 heteroatoms. The van der Waals surface area contributed by atoms with Gasteiger partial charge in [0.25, 0.3) is 0 Å². The first-order valence-corrected chi connectivity index (χ1v) is 10.0. The van der Waals surface area contributed by atoms with Gasteiger partial charge in [-0.15, -0.1) is 0 Å². The van der Waals surface area contributed by atoms with Gasteiger partial charge in [-0.1, -0.05) is 35.3 Å². The van der Waals surface area contributed by atoms with Gasteiger partial charge in [0, 0.05) is 29.1 Å². The van der Waals surface area contributed by atoms with E-state index in [9.17, 15) is 4.79 Å². The minimum atomic E-state index is -1.12. The third-order valence-corrected chi connectivity index (χ3v) is 4.92. The number of rotatable bonds is 7. The van der Waals surface area contributed by atoms with Crippen LogP contribution in [0.5, 0.6) is 0 Å². The minimum Gasteiger partial charge on any atom is -0.476 e. The van der Waals surface area contributed by atoms with Crippen LogP contribution in [-0.2, 0) is 0 Å². The van der Waals surface area contributed by atoms with Gasteiger partial charge in [-0.3, -0.25) is 0 Å². The van der Waals surface area contributed by atoms with E-state index in [0.29, 0.717) is 46.2 Å². The van der Waals surface area contributed by atoms with E-state index in [0.717, 1.165) is 10.9 Å². The van der Waals surface area contributed by atoms with Crippen molar-refractivity contribution in [1.82, 2.24) is 19.9 Å². The van der Waals surface area contributed by atoms with Crippen molar-refractivity contribution in [1.29, 1.82) is 0 Å². The molecule has 0 bridgehead atoms. The fourth-order valence-electron chi connectivity index (χ4n) is 2.90. The van der Waals surface area contributed by atoms with Gasteiger partial charge >= 0.3 is 5.97 Å². The van der Waals surface area contributed by atoms with Crippen LogP contribution in [0.3, 0.4) is 0 Å². The van der Waals surface area contributed by atoms with Crippen molar-refractivity contribution in [3.63, 3.8) is 0 Å². The lowest BCUT2D eigenvalue weighted by Gasteiger charge is -2.12. The first-order valence-electron chi connectivity index (χ1n) is 9.26. The predicted molar refractivity (Wildman–Crippen MR) is 121 cm³/mol. The minimum absolute atomic E-state index is 0.107. The lowest BCUT2D eigenvalue weighted by Crippen LogP contribution is -2.16. The second-order valence-corrected chi connectivity index (χ2v) is 7.33. The largest absolute Gasteiger partial charge is 0.476 e. The van der Waals surface area contributed by atoms with Crippen LogP contribution in [0.15, 0.2) is 54.9 Å². The number of carboxylic acid groups (broad SMARTS) is 1. The number of halogens is 2. The molecule has 0 aliphatic rings. The van der Waals surface area contributed by atoms with Gasteiger partial charge < -0.3 is 15.7 Å². The van der Waals surface area contributed by atoms with Crippen LogP contribution in [0.4, 0.5) is 11.6 Å². The van der Waals surface area contributed by atoms with E-state index in [2.05, 4.69) is 30.6 Å². The van der Waals surface area contributed by atoms with Crippen LogP contribution in [-0.4, -0.2) is 44.1 Å². The van der Waals surface area contributed by atoms with E-state index in [1.54, 1.807) is 18.2 Å². The number of benzene rings is 2. The molecule has 0 unspecified atom stereocenters. The highest BCUT2D eigenvalue weighted by atomic mass is 35.5. The third-order valence-electron chi connectivity index (χ3n) is 4.37. The summed E-state index contributed by atoms with van der Waals surface area (Å²) in [5.74, 6) is 0.521. The van der Waals surface area contributed by atoms with Crippen molar-refractivity contribution in [3.8, 4) is 11.4 Å². The maximum Gasteiger partial charge on any atom is 0.356 e. The van der Waals surface area contributed by atoms with Gasteiger partial charge in [-0.2, -0.15) is 0 Å². The molecule has 156 valence electrons. The lowest BCUT2D eigenvalue weighted by atomic mass is 10.2. The monoisotopic (exact) mass is 454 g/mol. The number of aromatic carboxylic acids is 1. The fraction of sp³-hybridized carbons (Fsp3) is 0.0952. The Bertz CT molecular complexity index is 1250. The second kappa shape index (κ2) is 9.11. The average Bonchev–Trinajstić information content (AvgIpc) is 2.76. The van der Waals surface area contributed by atoms with Crippen LogP contribution in [0.25, 0.3) is 22.3 Å². The first-order chi connectivity index (χ1) is 15.0. The van der Waals surface area contributed by atoms with Crippen molar-refractivity contribution >= 4 is 51.7 Å². The van der Waals surface area contributed by atoms with Crippen LogP contribution in [0.2, 0.25) is 10.0 Å². The summed E-state index contributed by atoms with van der Waals surface area (Å²) >= 11 is 12.4. The van der Waals surface area contributed by atoms with Crippen LogP contribution in [0.1, 0.15) is 10.5 Å². The van der Waals surface area contributed by atoms with E-state index in [1.165, 1.54) is 12.4 Å². The number of hydrogen-bond donors (Lipinski definition) is 3. The highest BCUT2D eigenvalue weighted by molar-refractivity contribution is 6.36. The predicted octanol–water partition coefficient (Wildman–Crippen LogP) is 4.62. The maximum absolute atomic E-state index is 10.8. The summed E-state index contributed by atoms with van der Waals surface area (Å²) in [5.41, 5.74) is 1.36. The highest BCUT2D eigenvalue weighted by Crippen LogP contribution is 2.31. The quantitative estimate of drug-likeness (QED) is 0.346. The van der Waals surface area contributed by atoms with E-state index in [4.69, 9.17) is 28.3 Å². The van der Waals surface area contributed by atoms with Gasteiger partial charge in [0.15, 0.2) is 11.5 Å². The molecular formula is C21H16Cl2N6O2. The number of anilines is 2. The molecule has 2 aromatic heterocycles. The molecule has 0 saturated carbocycles. The highest BCUT2D eigenvalue weighted by Gasteiger charge is 2.12. The van der Waals surface area contributed by atoms with Gasteiger partial charge in [0.05, 0.1) is 22.9 Å².